The smallest absolute Gasteiger partial charge is 0.347 e. The van der Waals surface area contributed by atoms with Crippen molar-refractivity contribution in [2.24, 2.45) is 0 Å². The van der Waals surface area contributed by atoms with E-state index in [1.165, 1.54) is 11.8 Å². The number of thioether (sulfide) groups is 1. The number of ether oxygens (including phenoxy) is 1. The SMILES string of the molecule is COc1ccc(-n2cc(-c3ccc(Cl)cc3)nc2SCC(=O)c2cc3ccc4ccccc4c3oc2=O)cc1. The Morgan fingerprint density at radius 2 is 1.72 bits per heavy atom. The highest BCUT2D eigenvalue weighted by Gasteiger charge is 2.18. The fourth-order valence-electron chi connectivity index (χ4n) is 4.40. The molecule has 0 spiro atoms. The van der Waals surface area contributed by atoms with E-state index in [2.05, 4.69) is 0 Å². The summed E-state index contributed by atoms with van der Waals surface area (Å²) in [5.74, 6) is 0.412. The summed E-state index contributed by atoms with van der Waals surface area (Å²) in [5, 5.41) is 3.73. The average molecular weight is 553 g/mol. The van der Waals surface area contributed by atoms with E-state index in [1.54, 1.807) is 13.2 Å². The quantitative estimate of drug-likeness (QED) is 0.0887. The zero-order chi connectivity index (χ0) is 26.9. The van der Waals surface area contributed by atoms with E-state index in [0.29, 0.717) is 21.1 Å². The van der Waals surface area contributed by atoms with Crippen molar-refractivity contribution in [3.8, 4) is 22.7 Å². The number of nitrogens with zero attached hydrogens (tertiary/aromatic N) is 2. The van der Waals surface area contributed by atoms with E-state index in [-0.39, 0.29) is 17.1 Å². The lowest BCUT2D eigenvalue weighted by Crippen LogP contribution is -2.16. The van der Waals surface area contributed by atoms with Crippen LogP contribution in [0, 0.1) is 0 Å². The highest BCUT2D eigenvalue weighted by Crippen LogP contribution is 2.30. The molecule has 39 heavy (non-hydrogen) atoms. The largest absolute Gasteiger partial charge is 0.497 e. The Balaban J connectivity index is 1.32. The number of halogens is 1. The van der Waals surface area contributed by atoms with E-state index in [0.717, 1.165) is 33.5 Å². The van der Waals surface area contributed by atoms with E-state index >= 15 is 0 Å². The third kappa shape index (κ3) is 4.94. The van der Waals surface area contributed by atoms with Crippen LogP contribution in [0.3, 0.4) is 0 Å². The fourth-order valence-corrected chi connectivity index (χ4v) is 5.41. The summed E-state index contributed by atoms with van der Waals surface area (Å²) >= 11 is 7.32. The van der Waals surface area contributed by atoms with Crippen LogP contribution in [0.5, 0.6) is 5.75 Å². The van der Waals surface area contributed by atoms with Crippen LogP contribution in [0.25, 0.3) is 38.7 Å². The number of benzene rings is 4. The van der Waals surface area contributed by atoms with Crippen molar-refractivity contribution in [2.45, 2.75) is 5.16 Å². The lowest BCUT2D eigenvalue weighted by Gasteiger charge is -2.08. The molecule has 2 aromatic heterocycles. The third-order valence-electron chi connectivity index (χ3n) is 6.42. The van der Waals surface area contributed by atoms with Gasteiger partial charge < -0.3 is 9.15 Å². The summed E-state index contributed by atoms with van der Waals surface area (Å²) in [5.41, 5.74) is 2.33. The van der Waals surface area contributed by atoms with Gasteiger partial charge in [-0.05, 0) is 47.9 Å². The van der Waals surface area contributed by atoms with Gasteiger partial charge in [-0.25, -0.2) is 9.78 Å². The van der Waals surface area contributed by atoms with Crippen LogP contribution in [0.15, 0.2) is 112 Å². The number of rotatable bonds is 7. The van der Waals surface area contributed by atoms with Crippen molar-refractivity contribution in [1.29, 1.82) is 0 Å². The zero-order valence-electron chi connectivity index (χ0n) is 20.8. The van der Waals surface area contributed by atoms with Gasteiger partial charge in [-0.15, -0.1) is 0 Å². The second-order valence-corrected chi connectivity index (χ2v) is 10.2. The maximum Gasteiger partial charge on any atom is 0.347 e. The molecule has 192 valence electrons. The molecule has 8 heteroatoms. The van der Waals surface area contributed by atoms with Crippen LogP contribution < -0.4 is 10.4 Å². The Hall–Kier alpha value is -4.33. The Morgan fingerprint density at radius 1 is 0.974 bits per heavy atom. The Labute approximate surface area is 232 Å². The fraction of sp³-hybridized carbons (Fsp3) is 0.0645. The van der Waals surface area contributed by atoms with Crippen LogP contribution in [-0.4, -0.2) is 28.2 Å². The highest BCUT2D eigenvalue weighted by molar-refractivity contribution is 7.99. The molecular formula is C31H21ClN2O4S. The summed E-state index contributed by atoms with van der Waals surface area (Å²) in [4.78, 5) is 30.9. The second kappa shape index (κ2) is 10.4. The number of imidazole rings is 1. The number of ketones is 1. The summed E-state index contributed by atoms with van der Waals surface area (Å²) < 4.78 is 12.8. The van der Waals surface area contributed by atoms with E-state index < -0.39 is 5.63 Å². The molecule has 0 fully saturated rings. The van der Waals surface area contributed by atoms with E-state index in [4.69, 9.17) is 25.7 Å². The molecule has 0 saturated heterocycles. The topological polar surface area (TPSA) is 74.3 Å². The number of hydrogen-bond acceptors (Lipinski definition) is 6. The van der Waals surface area contributed by atoms with Crippen molar-refractivity contribution < 1.29 is 13.9 Å². The molecule has 0 atom stereocenters. The molecule has 4 aromatic carbocycles. The number of aromatic nitrogens is 2. The first-order chi connectivity index (χ1) is 19.0. The molecule has 2 heterocycles. The molecule has 0 saturated carbocycles. The van der Waals surface area contributed by atoms with Gasteiger partial charge in [0.1, 0.15) is 16.9 Å². The van der Waals surface area contributed by atoms with Crippen LogP contribution in [0.4, 0.5) is 0 Å². The maximum atomic E-state index is 13.2. The van der Waals surface area contributed by atoms with E-state index in [9.17, 15) is 9.59 Å². The third-order valence-corrected chi connectivity index (χ3v) is 7.63. The molecule has 0 unspecified atom stereocenters. The molecule has 0 aliphatic rings. The van der Waals surface area contributed by atoms with Gasteiger partial charge in [-0.1, -0.05) is 71.9 Å². The molecule has 0 bridgehead atoms. The van der Waals surface area contributed by atoms with Crippen molar-refractivity contribution in [3.63, 3.8) is 0 Å². The lowest BCUT2D eigenvalue weighted by molar-refractivity contribution is 0.101. The lowest BCUT2D eigenvalue weighted by atomic mass is 10.1. The van der Waals surface area contributed by atoms with Crippen LogP contribution in [0.2, 0.25) is 5.02 Å². The monoisotopic (exact) mass is 552 g/mol. The first kappa shape index (κ1) is 25.0. The minimum atomic E-state index is -0.648. The molecule has 0 amide bonds. The summed E-state index contributed by atoms with van der Waals surface area (Å²) in [6.45, 7) is 0. The number of Topliss-reactive ketones (excluding diaryl/α,β-unsaturated/α-hetero) is 1. The second-order valence-electron chi connectivity index (χ2n) is 8.85. The van der Waals surface area contributed by atoms with Gasteiger partial charge >= 0.3 is 5.63 Å². The molecule has 6 nitrogen and oxygen atoms in total. The Bertz CT molecular complexity index is 1890. The first-order valence-electron chi connectivity index (χ1n) is 12.1. The molecule has 6 rings (SSSR count). The Morgan fingerprint density at radius 3 is 2.49 bits per heavy atom. The molecular weight excluding hydrogens is 532 g/mol. The van der Waals surface area contributed by atoms with Crippen LogP contribution in [0.1, 0.15) is 10.4 Å². The first-order valence-corrected chi connectivity index (χ1v) is 13.5. The molecule has 6 aromatic rings. The van der Waals surface area contributed by atoms with Gasteiger partial charge in [0, 0.05) is 33.2 Å². The minimum Gasteiger partial charge on any atom is -0.497 e. The number of hydrogen-bond donors (Lipinski definition) is 0. The molecule has 0 N–H and O–H groups in total. The van der Waals surface area contributed by atoms with Gasteiger partial charge in [-0.3, -0.25) is 9.36 Å². The van der Waals surface area contributed by atoms with Gasteiger partial charge in [0.05, 0.1) is 18.6 Å². The van der Waals surface area contributed by atoms with Crippen LogP contribution >= 0.6 is 23.4 Å². The molecule has 0 radical (unpaired) electrons. The van der Waals surface area contributed by atoms with Gasteiger partial charge in [0.2, 0.25) is 0 Å². The standard InChI is InChI=1S/C31H21ClN2O4S/c1-37-24-14-12-23(13-15-24)34-17-27(20-8-10-22(32)11-9-20)33-31(34)39-18-28(35)26-16-21-7-6-19-4-2-3-5-25(19)29(21)38-30(26)36/h2-17H,18H2,1H3. The van der Waals surface area contributed by atoms with E-state index in [1.807, 2.05) is 95.7 Å². The van der Waals surface area contributed by atoms with Gasteiger partial charge in [-0.2, -0.15) is 0 Å². The minimum absolute atomic E-state index is 0.0110. The number of carbonyl (C=O) groups excluding carboxylic acids is 1. The summed E-state index contributed by atoms with van der Waals surface area (Å²) in [6.07, 6.45) is 1.91. The predicted octanol–water partition coefficient (Wildman–Crippen LogP) is 7.44. The highest BCUT2D eigenvalue weighted by atomic mass is 35.5. The average Bonchev–Trinajstić information content (AvgIpc) is 3.40. The predicted molar refractivity (Wildman–Crippen MR) is 156 cm³/mol. The van der Waals surface area contributed by atoms with Gasteiger partial charge in [0.25, 0.3) is 0 Å². The summed E-state index contributed by atoms with van der Waals surface area (Å²) in [7, 11) is 1.61. The number of fused-ring (bicyclic) bond motifs is 3. The zero-order valence-corrected chi connectivity index (χ0v) is 22.3. The van der Waals surface area contributed by atoms with Crippen molar-refractivity contribution in [2.75, 3.05) is 12.9 Å². The normalized spacial score (nSPS) is 11.2. The van der Waals surface area contributed by atoms with Crippen molar-refractivity contribution >= 4 is 50.9 Å². The molecule has 0 aliphatic heterocycles. The van der Waals surface area contributed by atoms with Gasteiger partial charge in [0.15, 0.2) is 10.9 Å². The number of carbonyl (C=O) groups is 1. The Kier molecular flexibility index (Phi) is 6.69. The molecule has 0 aliphatic carbocycles. The van der Waals surface area contributed by atoms with Crippen LogP contribution in [-0.2, 0) is 0 Å². The number of methoxy groups -OCH3 is 1. The van der Waals surface area contributed by atoms with Crippen molar-refractivity contribution in [1.82, 2.24) is 9.55 Å². The van der Waals surface area contributed by atoms with Crippen molar-refractivity contribution in [3.05, 3.63) is 118 Å². The summed E-state index contributed by atoms with van der Waals surface area (Å²) in [6, 6.07) is 28.1. The maximum absolute atomic E-state index is 13.2.